The van der Waals surface area contributed by atoms with Gasteiger partial charge in [-0.1, -0.05) is 0 Å². The average molecular weight is 210 g/mol. The molecule has 1 aromatic carbocycles. The molecule has 0 heterocycles. The van der Waals surface area contributed by atoms with Crippen molar-refractivity contribution in [2.24, 2.45) is 0 Å². The van der Waals surface area contributed by atoms with Crippen LogP contribution in [0.25, 0.3) is 0 Å². The zero-order valence-electron chi connectivity index (χ0n) is 8.94. The Labute approximate surface area is 88.1 Å². The van der Waals surface area contributed by atoms with E-state index in [1.807, 2.05) is 0 Å². The Morgan fingerprint density at radius 3 is 2.47 bits per heavy atom. The molecule has 0 amide bonds. The lowest BCUT2D eigenvalue weighted by molar-refractivity contribution is -0.142. The predicted octanol–water partition coefficient (Wildman–Crippen LogP) is 1.68. The summed E-state index contributed by atoms with van der Waals surface area (Å²) in [5.74, 6) is -1.00. The number of aryl methyl sites for hydroxylation is 1. The summed E-state index contributed by atoms with van der Waals surface area (Å²) in [6.07, 6.45) is 0. The van der Waals surface area contributed by atoms with Gasteiger partial charge < -0.3 is 14.9 Å². The third-order valence-electron chi connectivity index (χ3n) is 2.37. The first kappa shape index (κ1) is 11.4. The maximum absolute atomic E-state index is 11.2. The van der Waals surface area contributed by atoms with Crippen LogP contribution in [0, 0.1) is 6.92 Å². The molecule has 0 unspecified atom stereocenters. The van der Waals surface area contributed by atoms with E-state index < -0.39 is 11.9 Å². The number of carbonyl (C=O) groups is 1. The van der Waals surface area contributed by atoms with Gasteiger partial charge in [-0.25, -0.2) is 0 Å². The van der Waals surface area contributed by atoms with Crippen molar-refractivity contribution in [2.45, 2.75) is 19.8 Å². The topological polar surface area (TPSA) is 66.8 Å². The van der Waals surface area contributed by atoms with E-state index in [2.05, 4.69) is 4.74 Å². The average Bonchev–Trinajstić information content (AvgIpc) is 2.21. The number of aromatic hydroxyl groups is 2. The first-order valence-corrected chi connectivity index (χ1v) is 4.57. The summed E-state index contributed by atoms with van der Waals surface area (Å²) in [5, 5.41) is 19.1. The fourth-order valence-electron chi connectivity index (χ4n) is 1.35. The summed E-state index contributed by atoms with van der Waals surface area (Å²) in [4.78, 5) is 11.2. The highest BCUT2D eigenvalue weighted by molar-refractivity contribution is 5.78. The van der Waals surface area contributed by atoms with Crippen molar-refractivity contribution < 1.29 is 19.7 Å². The molecule has 4 nitrogen and oxygen atoms in total. The third-order valence-corrected chi connectivity index (χ3v) is 2.37. The smallest absolute Gasteiger partial charge is 0.312 e. The first-order valence-electron chi connectivity index (χ1n) is 4.57. The Kier molecular flexibility index (Phi) is 3.19. The van der Waals surface area contributed by atoms with Crippen LogP contribution in [0.2, 0.25) is 0 Å². The van der Waals surface area contributed by atoms with E-state index in [0.717, 1.165) is 0 Å². The van der Waals surface area contributed by atoms with E-state index in [4.69, 9.17) is 0 Å². The lowest BCUT2D eigenvalue weighted by atomic mass is 9.98. The molecular formula is C11H14O4. The van der Waals surface area contributed by atoms with Gasteiger partial charge in [0.2, 0.25) is 0 Å². The van der Waals surface area contributed by atoms with Crippen molar-refractivity contribution in [3.05, 3.63) is 23.3 Å². The molecule has 0 saturated carbocycles. The Morgan fingerprint density at radius 2 is 1.93 bits per heavy atom. The highest BCUT2D eigenvalue weighted by Gasteiger charge is 2.20. The van der Waals surface area contributed by atoms with Crippen molar-refractivity contribution in [3.8, 4) is 11.5 Å². The van der Waals surface area contributed by atoms with E-state index in [9.17, 15) is 15.0 Å². The molecule has 0 radical (unpaired) electrons. The minimum Gasteiger partial charge on any atom is -0.508 e. The van der Waals surface area contributed by atoms with Crippen LogP contribution in [0.4, 0.5) is 0 Å². The van der Waals surface area contributed by atoms with Crippen LogP contribution in [0.1, 0.15) is 24.0 Å². The second-order valence-corrected chi connectivity index (χ2v) is 3.44. The van der Waals surface area contributed by atoms with E-state index in [0.29, 0.717) is 11.1 Å². The molecule has 0 bridgehead atoms. The Morgan fingerprint density at radius 1 is 1.33 bits per heavy atom. The van der Waals surface area contributed by atoms with Crippen LogP contribution in [0.5, 0.6) is 11.5 Å². The molecule has 0 spiro atoms. The minimum atomic E-state index is -0.596. The number of phenolic OH excluding ortho intramolecular Hbond substituents is 2. The fraction of sp³-hybridized carbons (Fsp3) is 0.364. The van der Waals surface area contributed by atoms with Gasteiger partial charge in [-0.3, -0.25) is 4.79 Å². The quantitative estimate of drug-likeness (QED) is 0.575. The zero-order valence-corrected chi connectivity index (χ0v) is 8.94. The van der Waals surface area contributed by atoms with Gasteiger partial charge in [-0.15, -0.1) is 0 Å². The predicted molar refractivity (Wildman–Crippen MR) is 54.9 cm³/mol. The number of ether oxygens (including phenoxy) is 1. The molecule has 1 rings (SSSR count). The number of methoxy groups -OCH3 is 1. The van der Waals surface area contributed by atoms with Crippen LogP contribution in [0.3, 0.4) is 0 Å². The Hall–Kier alpha value is -1.71. The molecule has 0 aromatic heterocycles. The summed E-state index contributed by atoms with van der Waals surface area (Å²) in [6.45, 7) is 3.28. The van der Waals surface area contributed by atoms with Crippen molar-refractivity contribution in [1.82, 2.24) is 0 Å². The van der Waals surface area contributed by atoms with Crippen molar-refractivity contribution >= 4 is 5.97 Å². The van der Waals surface area contributed by atoms with E-state index in [1.165, 1.54) is 19.2 Å². The number of esters is 1. The SMILES string of the molecule is COC(=O)[C@@H](C)c1cc(O)c(C)cc1O. The van der Waals surface area contributed by atoms with Crippen LogP contribution in [-0.2, 0) is 9.53 Å². The van der Waals surface area contributed by atoms with Gasteiger partial charge in [-0.2, -0.15) is 0 Å². The van der Waals surface area contributed by atoms with E-state index in [1.54, 1.807) is 13.8 Å². The molecule has 1 aromatic rings. The molecule has 4 heteroatoms. The summed E-state index contributed by atoms with van der Waals surface area (Å²) in [6, 6.07) is 2.80. The van der Waals surface area contributed by atoms with Gasteiger partial charge in [0.15, 0.2) is 0 Å². The lowest BCUT2D eigenvalue weighted by Gasteiger charge is -2.12. The minimum absolute atomic E-state index is 0.0109. The molecular weight excluding hydrogens is 196 g/mol. The van der Waals surface area contributed by atoms with Crippen LogP contribution >= 0.6 is 0 Å². The van der Waals surface area contributed by atoms with Crippen LogP contribution < -0.4 is 0 Å². The number of phenols is 2. The maximum atomic E-state index is 11.2. The monoisotopic (exact) mass is 210 g/mol. The summed E-state index contributed by atoms with van der Waals surface area (Å²) in [5.41, 5.74) is 0.929. The van der Waals surface area contributed by atoms with Gasteiger partial charge in [0.25, 0.3) is 0 Å². The second-order valence-electron chi connectivity index (χ2n) is 3.44. The Bertz CT molecular complexity index is 384. The van der Waals surface area contributed by atoms with Gasteiger partial charge in [0.05, 0.1) is 13.0 Å². The number of carbonyl (C=O) groups excluding carboxylic acids is 1. The molecule has 82 valence electrons. The lowest BCUT2D eigenvalue weighted by Crippen LogP contribution is -2.10. The molecule has 0 saturated heterocycles. The third kappa shape index (κ3) is 2.21. The largest absolute Gasteiger partial charge is 0.508 e. The molecule has 15 heavy (non-hydrogen) atoms. The highest BCUT2D eigenvalue weighted by Crippen LogP contribution is 2.32. The van der Waals surface area contributed by atoms with Crippen LogP contribution in [0.15, 0.2) is 12.1 Å². The second kappa shape index (κ2) is 4.21. The Balaban J connectivity index is 3.14. The highest BCUT2D eigenvalue weighted by atomic mass is 16.5. The van der Waals surface area contributed by atoms with E-state index >= 15 is 0 Å². The number of hydrogen-bond donors (Lipinski definition) is 2. The molecule has 0 fully saturated rings. The molecule has 2 N–H and O–H groups in total. The maximum Gasteiger partial charge on any atom is 0.312 e. The first-order chi connectivity index (χ1) is 6.97. The van der Waals surface area contributed by atoms with Crippen molar-refractivity contribution in [2.75, 3.05) is 7.11 Å². The summed E-state index contributed by atoms with van der Waals surface area (Å²) < 4.78 is 4.56. The molecule has 0 aliphatic carbocycles. The van der Waals surface area contributed by atoms with Gasteiger partial charge in [-0.05, 0) is 31.5 Å². The molecule has 0 aliphatic rings. The zero-order chi connectivity index (χ0) is 11.6. The van der Waals surface area contributed by atoms with Crippen LogP contribution in [-0.4, -0.2) is 23.3 Å². The standard InChI is InChI=1S/C11H14O4/c1-6-4-10(13)8(5-9(6)12)7(2)11(14)15-3/h4-5,7,12-13H,1-3H3/t7-/m0/s1. The number of rotatable bonds is 2. The van der Waals surface area contributed by atoms with Gasteiger partial charge in [0, 0.05) is 5.56 Å². The van der Waals surface area contributed by atoms with Gasteiger partial charge >= 0.3 is 5.97 Å². The number of hydrogen-bond acceptors (Lipinski definition) is 4. The molecule has 0 aliphatic heterocycles. The normalized spacial score (nSPS) is 12.2. The van der Waals surface area contributed by atoms with Gasteiger partial charge in [0.1, 0.15) is 11.5 Å². The molecule has 1 atom stereocenters. The fourth-order valence-corrected chi connectivity index (χ4v) is 1.35. The van der Waals surface area contributed by atoms with Crippen molar-refractivity contribution in [1.29, 1.82) is 0 Å². The van der Waals surface area contributed by atoms with Crippen molar-refractivity contribution in [3.63, 3.8) is 0 Å². The van der Waals surface area contributed by atoms with E-state index in [-0.39, 0.29) is 11.5 Å². The summed E-state index contributed by atoms with van der Waals surface area (Å²) in [7, 11) is 1.28. The summed E-state index contributed by atoms with van der Waals surface area (Å²) >= 11 is 0. The number of benzene rings is 1.